The number of pyridine rings is 1. The zero-order chi connectivity index (χ0) is 18.1. The maximum absolute atomic E-state index is 12.0. The number of aryl methyl sites for hydroxylation is 1. The van der Waals surface area contributed by atoms with E-state index in [-0.39, 0.29) is 10.7 Å². The summed E-state index contributed by atoms with van der Waals surface area (Å²) in [5, 5.41) is 9.30. The average molecular weight is 364 g/mol. The normalized spacial score (nSPS) is 20.4. The van der Waals surface area contributed by atoms with Gasteiger partial charge in [0.05, 0.1) is 6.54 Å². The van der Waals surface area contributed by atoms with Crippen LogP contribution in [0.15, 0.2) is 23.2 Å². The number of nitrogens with one attached hydrogen (secondary N) is 3. The van der Waals surface area contributed by atoms with Crippen LogP contribution in [-0.2, 0) is 4.79 Å². The molecular formula is C18H29N5OS. The lowest BCUT2D eigenvalue weighted by Crippen LogP contribution is -2.39. The van der Waals surface area contributed by atoms with Gasteiger partial charge in [-0.2, -0.15) is 11.8 Å². The Balaban J connectivity index is 1.77. The van der Waals surface area contributed by atoms with E-state index in [4.69, 9.17) is 0 Å². The van der Waals surface area contributed by atoms with Crippen molar-refractivity contribution in [3.8, 4) is 0 Å². The molecule has 1 aliphatic rings. The van der Waals surface area contributed by atoms with Gasteiger partial charge >= 0.3 is 0 Å². The van der Waals surface area contributed by atoms with Crippen LogP contribution >= 0.6 is 11.8 Å². The quantitative estimate of drug-likeness (QED) is 0.513. The average Bonchev–Trinajstić information content (AvgIpc) is 3.00. The highest BCUT2D eigenvalue weighted by Gasteiger charge is 2.29. The number of anilines is 1. The van der Waals surface area contributed by atoms with Gasteiger partial charge in [0.1, 0.15) is 5.82 Å². The van der Waals surface area contributed by atoms with Crippen molar-refractivity contribution in [2.24, 2.45) is 4.99 Å². The summed E-state index contributed by atoms with van der Waals surface area (Å²) in [7, 11) is 0. The van der Waals surface area contributed by atoms with E-state index in [1.54, 1.807) is 6.07 Å². The fourth-order valence-electron chi connectivity index (χ4n) is 2.66. The summed E-state index contributed by atoms with van der Waals surface area (Å²) < 4.78 is 0.247. The first-order chi connectivity index (χ1) is 12.0. The number of hydrogen-bond donors (Lipinski definition) is 3. The van der Waals surface area contributed by atoms with E-state index in [2.05, 4.69) is 32.9 Å². The van der Waals surface area contributed by atoms with E-state index in [1.165, 1.54) is 18.6 Å². The number of guanidine groups is 1. The molecule has 1 saturated heterocycles. The van der Waals surface area contributed by atoms with Gasteiger partial charge < -0.3 is 16.0 Å². The van der Waals surface area contributed by atoms with Crippen LogP contribution in [0.2, 0.25) is 0 Å². The molecule has 25 heavy (non-hydrogen) atoms. The molecule has 1 unspecified atom stereocenters. The molecular weight excluding hydrogens is 334 g/mol. The summed E-state index contributed by atoms with van der Waals surface area (Å²) >= 11 is 2.00. The first kappa shape index (κ1) is 19.6. The molecule has 0 aromatic carbocycles. The molecule has 0 aliphatic carbocycles. The minimum absolute atomic E-state index is 0.0558. The standard InChI is InChI=1S/C18H29N5OS/c1-4-19-17(21-13-18(3)10-6-12-25-18)20-11-9-16(24)23-15-8-5-7-14(2)22-15/h5,7-8H,4,6,9-13H2,1-3H3,(H2,19,20,21)(H,22,23,24). The van der Waals surface area contributed by atoms with Crippen molar-refractivity contribution in [3.05, 3.63) is 23.9 Å². The Labute approximate surface area is 154 Å². The van der Waals surface area contributed by atoms with Crippen LogP contribution in [-0.4, -0.2) is 47.0 Å². The maximum Gasteiger partial charge on any atom is 0.227 e. The zero-order valence-corrected chi connectivity index (χ0v) is 16.2. The summed E-state index contributed by atoms with van der Waals surface area (Å²) in [4.78, 5) is 21.0. The monoisotopic (exact) mass is 363 g/mol. The Hall–Kier alpha value is -1.76. The summed E-state index contributed by atoms with van der Waals surface area (Å²) in [5.41, 5.74) is 0.885. The summed E-state index contributed by atoms with van der Waals surface area (Å²) in [5.74, 6) is 2.54. The van der Waals surface area contributed by atoms with E-state index in [0.717, 1.165) is 24.7 Å². The fraction of sp³-hybridized carbons (Fsp3) is 0.611. The van der Waals surface area contributed by atoms with Crippen molar-refractivity contribution < 1.29 is 4.79 Å². The number of rotatable bonds is 7. The Kier molecular flexibility index (Phi) is 7.55. The molecule has 0 radical (unpaired) electrons. The lowest BCUT2D eigenvalue weighted by Gasteiger charge is -2.21. The maximum atomic E-state index is 12.0. The van der Waals surface area contributed by atoms with E-state index >= 15 is 0 Å². The number of hydrogen-bond acceptors (Lipinski definition) is 4. The molecule has 1 fully saturated rings. The van der Waals surface area contributed by atoms with Gasteiger partial charge in [-0.1, -0.05) is 6.07 Å². The Morgan fingerprint density at radius 3 is 2.92 bits per heavy atom. The summed E-state index contributed by atoms with van der Waals surface area (Å²) in [6.45, 7) is 8.35. The molecule has 0 bridgehead atoms. The van der Waals surface area contributed by atoms with Crippen molar-refractivity contribution in [2.75, 3.05) is 30.7 Å². The van der Waals surface area contributed by atoms with E-state index in [0.29, 0.717) is 18.8 Å². The van der Waals surface area contributed by atoms with Crippen LogP contribution < -0.4 is 16.0 Å². The molecule has 1 aromatic heterocycles. The first-order valence-electron chi connectivity index (χ1n) is 8.90. The van der Waals surface area contributed by atoms with Crippen molar-refractivity contribution in [2.45, 2.75) is 44.8 Å². The van der Waals surface area contributed by atoms with E-state index < -0.39 is 0 Å². The van der Waals surface area contributed by atoms with Crippen molar-refractivity contribution >= 4 is 29.4 Å². The molecule has 3 N–H and O–H groups in total. The lowest BCUT2D eigenvalue weighted by molar-refractivity contribution is -0.116. The van der Waals surface area contributed by atoms with Gasteiger partial charge in [0.25, 0.3) is 0 Å². The van der Waals surface area contributed by atoms with Gasteiger partial charge in [-0.15, -0.1) is 0 Å². The number of carbonyl (C=O) groups is 1. The largest absolute Gasteiger partial charge is 0.357 e. The van der Waals surface area contributed by atoms with E-state index in [1.807, 2.05) is 37.7 Å². The third kappa shape index (κ3) is 6.94. The first-order valence-corrected chi connectivity index (χ1v) is 9.89. The van der Waals surface area contributed by atoms with Gasteiger partial charge in [-0.25, -0.2) is 4.98 Å². The minimum Gasteiger partial charge on any atom is -0.357 e. The molecule has 0 spiro atoms. The van der Waals surface area contributed by atoms with Crippen molar-refractivity contribution in [1.29, 1.82) is 0 Å². The Morgan fingerprint density at radius 1 is 1.40 bits per heavy atom. The van der Waals surface area contributed by atoms with Gasteiger partial charge in [0.2, 0.25) is 5.91 Å². The molecule has 1 atom stereocenters. The highest BCUT2D eigenvalue weighted by Crippen LogP contribution is 2.37. The zero-order valence-electron chi connectivity index (χ0n) is 15.4. The molecule has 1 aliphatic heterocycles. The lowest BCUT2D eigenvalue weighted by atomic mass is 10.1. The Morgan fingerprint density at radius 2 is 2.24 bits per heavy atom. The molecule has 2 heterocycles. The second-order valence-electron chi connectivity index (χ2n) is 6.49. The van der Waals surface area contributed by atoms with Crippen LogP contribution in [0, 0.1) is 6.92 Å². The van der Waals surface area contributed by atoms with Crippen molar-refractivity contribution in [3.63, 3.8) is 0 Å². The molecule has 1 aromatic rings. The van der Waals surface area contributed by atoms with Gasteiger partial charge in [-0.3, -0.25) is 9.79 Å². The fourth-order valence-corrected chi connectivity index (χ4v) is 3.89. The molecule has 1 amide bonds. The molecule has 7 heteroatoms. The van der Waals surface area contributed by atoms with Crippen LogP contribution in [0.1, 0.15) is 38.8 Å². The predicted molar refractivity (Wildman–Crippen MR) is 106 cm³/mol. The number of carbonyl (C=O) groups excluding carboxylic acids is 1. The van der Waals surface area contributed by atoms with Crippen LogP contribution in [0.3, 0.4) is 0 Å². The summed E-state index contributed by atoms with van der Waals surface area (Å²) in [6.07, 6.45) is 2.85. The molecule has 138 valence electrons. The van der Waals surface area contributed by atoms with Gasteiger partial charge in [0.15, 0.2) is 5.96 Å². The third-order valence-corrected chi connectivity index (χ3v) is 5.54. The highest BCUT2D eigenvalue weighted by atomic mass is 32.2. The number of thioether (sulfide) groups is 1. The van der Waals surface area contributed by atoms with Gasteiger partial charge in [0, 0.05) is 30.0 Å². The van der Waals surface area contributed by atoms with Crippen LogP contribution in [0.25, 0.3) is 0 Å². The number of nitrogens with zero attached hydrogens (tertiary/aromatic N) is 2. The molecule has 2 rings (SSSR count). The Bertz CT molecular complexity index is 599. The minimum atomic E-state index is -0.0558. The number of aromatic nitrogens is 1. The van der Waals surface area contributed by atoms with Crippen LogP contribution in [0.4, 0.5) is 5.82 Å². The number of amides is 1. The van der Waals surface area contributed by atoms with E-state index in [9.17, 15) is 4.79 Å². The van der Waals surface area contributed by atoms with Gasteiger partial charge in [-0.05, 0) is 51.5 Å². The highest BCUT2D eigenvalue weighted by molar-refractivity contribution is 8.00. The van der Waals surface area contributed by atoms with Crippen LogP contribution in [0.5, 0.6) is 0 Å². The summed E-state index contributed by atoms with van der Waals surface area (Å²) in [6, 6.07) is 5.58. The smallest absolute Gasteiger partial charge is 0.227 e. The second kappa shape index (κ2) is 9.65. The third-order valence-electron chi connectivity index (χ3n) is 4.02. The number of aliphatic imine (C=N–C) groups is 1. The molecule has 6 nitrogen and oxygen atoms in total. The SMILES string of the molecule is CCNC(=NCC1(C)CCCS1)NCCC(=O)Nc1cccc(C)n1. The van der Waals surface area contributed by atoms with Crippen molar-refractivity contribution in [1.82, 2.24) is 15.6 Å². The second-order valence-corrected chi connectivity index (χ2v) is 8.17. The molecule has 0 saturated carbocycles. The predicted octanol–water partition coefficient (Wildman–Crippen LogP) is 2.56. The topological polar surface area (TPSA) is 78.4 Å².